The summed E-state index contributed by atoms with van der Waals surface area (Å²) in [4.78, 5) is 11.6. The van der Waals surface area contributed by atoms with Crippen molar-refractivity contribution in [1.82, 2.24) is 5.32 Å². The van der Waals surface area contributed by atoms with Gasteiger partial charge in [-0.05, 0) is 18.7 Å². The molecule has 0 aliphatic heterocycles. The smallest absolute Gasteiger partial charge is 0.202 e. The number of hydrogen-bond donors (Lipinski definition) is 1. The highest BCUT2D eigenvalue weighted by Crippen LogP contribution is 2.08. The molecule has 1 rings (SSSR count). The minimum Gasteiger partial charge on any atom is -0.461 e. The number of carbonyl (C=O) groups is 1. The molecule has 0 saturated heterocycles. The van der Waals surface area contributed by atoms with E-state index in [0.29, 0.717) is 12.3 Å². The Balaban J connectivity index is 2.48. The Morgan fingerprint density at radius 1 is 1.69 bits per heavy atom. The summed E-state index contributed by atoms with van der Waals surface area (Å²) in [5, 5.41) is 3.13. The minimum absolute atomic E-state index is 0.0221. The summed E-state index contributed by atoms with van der Waals surface area (Å²) in [5.74, 6) is 0.488. The minimum atomic E-state index is -0.0221. The maximum atomic E-state index is 11.6. The lowest BCUT2D eigenvalue weighted by atomic mass is 10.1. The third-order valence-electron chi connectivity index (χ3n) is 1.91. The van der Waals surface area contributed by atoms with Gasteiger partial charge in [0.15, 0.2) is 5.76 Å². The summed E-state index contributed by atoms with van der Waals surface area (Å²) in [6, 6.07) is 3.43. The number of nitrogens with one attached hydrogen (secondary N) is 1. The number of rotatable bonds is 5. The van der Waals surface area contributed by atoms with E-state index in [-0.39, 0.29) is 11.7 Å². The third-order valence-corrected chi connectivity index (χ3v) is 1.91. The van der Waals surface area contributed by atoms with E-state index in [1.165, 1.54) is 6.26 Å². The van der Waals surface area contributed by atoms with E-state index in [1.807, 2.05) is 13.8 Å². The molecule has 1 heterocycles. The predicted octanol–water partition coefficient (Wildman–Crippen LogP) is 1.71. The number of hydrogen-bond acceptors (Lipinski definition) is 3. The molecule has 0 fully saturated rings. The molecule has 13 heavy (non-hydrogen) atoms. The molecule has 3 heteroatoms. The fraction of sp³-hybridized carbons (Fsp3) is 0.500. The molecule has 0 aromatic carbocycles. The van der Waals surface area contributed by atoms with Crippen LogP contribution in [0.5, 0.6) is 0 Å². The van der Waals surface area contributed by atoms with Crippen LogP contribution in [0.1, 0.15) is 24.4 Å². The summed E-state index contributed by atoms with van der Waals surface area (Å²) in [7, 11) is 0. The van der Waals surface area contributed by atoms with Gasteiger partial charge in [-0.15, -0.1) is 0 Å². The lowest BCUT2D eigenvalue weighted by Crippen LogP contribution is -2.26. The Hall–Kier alpha value is -1.09. The van der Waals surface area contributed by atoms with Crippen LogP contribution in [0.3, 0.4) is 0 Å². The van der Waals surface area contributed by atoms with E-state index >= 15 is 0 Å². The largest absolute Gasteiger partial charge is 0.461 e. The summed E-state index contributed by atoms with van der Waals surface area (Å²) in [5.41, 5.74) is 0. The van der Waals surface area contributed by atoms with Crippen LogP contribution >= 0.6 is 0 Å². The van der Waals surface area contributed by atoms with Crippen LogP contribution in [0.4, 0.5) is 0 Å². The van der Waals surface area contributed by atoms with Gasteiger partial charge in [-0.25, -0.2) is 0 Å². The molecule has 0 aliphatic rings. The highest BCUT2D eigenvalue weighted by atomic mass is 16.3. The Morgan fingerprint density at radius 3 is 3.00 bits per heavy atom. The van der Waals surface area contributed by atoms with Crippen molar-refractivity contribution >= 4 is 5.78 Å². The first kappa shape index (κ1) is 9.99. The zero-order valence-electron chi connectivity index (χ0n) is 8.04. The molecule has 1 aromatic rings. The molecular formula is C10H15NO2. The SMILES string of the molecule is CCNCC(C)C(=O)c1ccco1. The standard InChI is InChI=1S/C10H15NO2/c1-3-11-7-8(2)10(12)9-5-4-6-13-9/h4-6,8,11H,3,7H2,1-2H3. The molecule has 1 aromatic heterocycles. The summed E-state index contributed by atoms with van der Waals surface area (Å²) in [6.07, 6.45) is 1.52. The molecule has 1 atom stereocenters. The topological polar surface area (TPSA) is 42.2 Å². The molecular weight excluding hydrogens is 166 g/mol. The molecule has 1 N–H and O–H groups in total. The van der Waals surface area contributed by atoms with Gasteiger partial charge in [0.1, 0.15) is 0 Å². The van der Waals surface area contributed by atoms with E-state index in [4.69, 9.17) is 4.42 Å². The average Bonchev–Trinajstić information content (AvgIpc) is 2.65. The summed E-state index contributed by atoms with van der Waals surface area (Å²) < 4.78 is 5.02. The van der Waals surface area contributed by atoms with Gasteiger partial charge < -0.3 is 9.73 Å². The lowest BCUT2D eigenvalue weighted by Gasteiger charge is -2.08. The quantitative estimate of drug-likeness (QED) is 0.703. The lowest BCUT2D eigenvalue weighted by molar-refractivity contribution is 0.0901. The number of ketones is 1. The number of furan rings is 1. The molecule has 1 unspecified atom stereocenters. The van der Waals surface area contributed by atoms with Crippen molar-refractivity contribution in [2.75, 3.05) is 13.1 Å². The fourth-order valence-corrected chi connectivity index (χ4v) is 1.12. The van der Waals surface area contributed by atoms with E-state index in [1.54, 1.807) is 12.1 Å². The van der Waals surface area contributed by atoms with Crippen molar-refractivity contribution in [3.8, 4) is 0 Å². The van der Waals surface area contributed by atoms with Gasteiger partial charge in [-0.3, -0.25) is 4.79 Å². The van der Waals surface area contributed by atoms with Crippen molar-refractivity contribution in [2.45, 2.75) is 13.8 Å². The van der Waals surface area contributed by atoms with Crippen molar-refractivity contribution < 1.29 is 9.21 Å². The normalized spacial score (nSPS) is 12.8. The molecule has 0 radical (unpaired) electrons. The monoisotopic (exact) mass is 181 g/mol. The number of carbonyl (C=O) groups excluding carboxylic acids is 1. The number of Topliss-reactive ketones (excluding diaryl/α,β-unsaturated/α-hetero) is 1. The first-order chi connectivity index (χ1) is 6.25. The first-order valence-electron chi connectivity index (χ1n) is 4.54. The van der Waals surface area contributed by atoms with Crippen LogP contribution < -0.4 is 5.32 Å². The summed E-state index contributed by atoms with van der Waals surface area (Å²) in [6.45, 7) is 5.50. The Kier molecular flexibility index (Phi) is 3.71. The Labute approximate surface area is 78.1 Å². The molecule has 0 aliphatic carbocycles. The molecule has 0 saturated carbocycles. The molecule has 72 valence electrons. The van der Waals surface area contributed by atoms with Gasteiger partial charge in [0.25, 0.3) is 0 Å². The maximum absolute atomic E-state index is 11.6. The van der Waals surface area contributed by atoms with Gasteiger partial charge in [-0.1, -0.05) is 13.8 Å². The average molecular weight is 181 g/mol. The van der Waals surface area contributed by atoms with Crippen molar-refractivity contribution in [1.29, 1.82) is 0 Å². The molecule has 3 nitrogen and oxygen atoms in total. The van der Waals surface area contributed by atoms with Crippen molar-refractivity contribution in [3.63, 3.8) is 0 Å². The maximum Gasteiger partial charge on any atom is 0.202 e. The second-order valence-corrected chi connectivity index (χ2v) is 3.05. The molecule has 0 amide bonds. The third kappa shape index (κ3) is 2.70. The van der Waals surface area contributed by atoms with Gasteiger partial charge >= 0.3 is 0 Å². The van der Waals surface area contributed by atoms with Crippen LogP contribution in [-0.4, -0.2) is 18.9 Å². The fourth-order valence-electron chi connectivity index (χ4n) is 1.12. The van der Waals surface area contributed by atoms with E-state index in [9.17, 15) is 4.79 Å². The zero-order chi connectivity index (χ0) is 9.68. The highest BCUT2D eigenvalue weighted by Gasteiger charge is 2.16. The zero-order valence-corrected chi connectivity index (χ0v) is 8.04. The van der Waals surface area contributed by atoms with Gasteiger partial charge in [0.05, 0.1) is 6.26 Å². The Bertz CT molecular complexity index is 254. The summed E-state index contributed by atoms with van der Waals surface area (Å²) >= 11 is 0. The Morgan fingerprint density at radius 2 is 2.46 bits per heavy atom. The van der Waals surface area contributed by atoms with Crippen LogP contribution in [0.15, 0.2) is 22.8 Å². The van der Waals surface area contributed by atoms with Crippen molar-refractivity contribution in [3.05, 3.63) is 24.2 Å². The second kappa shape index (κ2) is 4.82. The van der Waals surface area contributed by atoms with Crippen LogP contribution in [0.25, 0.3) is 0 Å². The second-order valence-electron chi connectivity index (χ2n) is 3.05. The van der Waals surface area contributed by atoms with Gasteiger partial charge in [0.2, 0.25) is 5.78 Å². The molecule has 0 bridgehead atoms. The van der Waals surface area contributed by atoms with Crippen LogP contribution in [0.2, 0.25) is 0 Å². The van der Waals surface area contributed by atoms with Gasteiger partial charge in [-0.2, -0.15) is 0 Å². The van der Waals surface area contributed by atoms with Crippen molar-refractivity contribution in [2.24, 2.45) is 5.92 Å². The first-order valence-corrected chi connectivity index (χ1v) is 4.54. The van der Waals surface area contributed by atoms with E-state index in [2.05, 4.69) is 5.32 Å². The predicted molar refractivity (Wildman–Crippen MR) is 50.7 cm³/mol. The highest BCUT2D eigenvalue weighted by molar-refractivity contribution is 5.95. The van der Waals surface area contributed by atoms with Crippen LogP contribution in [-0.2, 0) is 0 Å². The molecule has 0 spiro atoms. The van der Waals surface area contributed by atoms with Gasteiger partial charge in [0, 0.05) is 12.5 Å². The van der Waals surface area contributed by atoms with E-state index < -0.39 is 0 Å². The van der Waals surface area contributed by atoms with E-state index in [0.717, 1.165) is 6.54 Å². The van der Waals surface area contributed by atoms with Crippen LogP contribution in [0, 0.1) is 5.92 Å².